The summed E-state index contributed by atoms with van der Waals surface area (Å²) in [6.45, 7) is 0. The lowest BCUT2D eigenvalue weighted by atomic mass is 10.1. The molecule has 0 spiro atoms. The third-order valence-corrected chi connectivity index (χ3v) is 3.19. The lowest BCUT2D eigenvalue weighted by molar-refractivity contribution is 0.415. The average Bonchev–Trinajstić information content (AvgIpc) is 2.49. The Kier molecular flexibility index (Phi) is 3.46. The molecule has 98 valence electrons. The number of fused-ring (bicyclic) bond motifs is 1. The molecule has 2 aromatic carbocycles. The highest BCUT2D eigenvalue weighted by atomic mass is 16.5. The van der Waals surface area contributed by atoms with Gasteiger partial charge in [0.1, 0.15) is 5.75 Å². The Hall–Kier alpha value is -2.61. The Morgan fingerprint density at radius 3 is 2.50 bits per heavy atom. The molecule has 2 heteroatoms. The molecule has 2 aromatic rings. The second-order valence-corrected chi connectivity index (χ2v) is 4.51. The van der Waals surface area contributed by atoms with E-state index < -0.39 is 0 Å². The summed E-state index contributed by atoms with van der Waals surface area (Å²) in [6.07, 6.45) is 8.10. The highest BCUT2D eigenvalue weighted by Crippen LogP contribution is 2.27. The van der Waals surface area contributed by atoms with E-state index in [-0.39, 0.29) is 0 Å². The molecule has 1 heterocycles. The minimum Gasteiger partial charge on any atom is -0.497 e. The number of benzene rings is 2. The van der Waals surface area contributed by atoms with Crippen molar-refractivity contribution in [1.29, 1.82) is 0 Å². The highest BCUT2D eigenvalue weighted by Gasteiger charge is 2.05. The Morgan fingerprint density at radius 1 is 0.900 bits per heavy atom. The Labute approximate surface area is 118 Å². The molecule has 1 aliphatic rings. The van der Waals surface area contributed by atoms with Crippen LogP contribution in [0, 0.1) is 0 Å². The fourth-order valence-corrected chi connectivity index (χ4v) is 2.14. The molecule has 0 fully saturated rings. The van der Waals surface area contributed by atoms with Crippen molar-refractivity contribution in [1.82, 2.24) is 0 Å². The SMILES string of the molecule is COc1ccc2c(c1)/C=C\C=C/C(c1ccccc1)=N2. The van der Waals surface area contributed by atoms with Gasteiger partial charge in [0.05, 0.1) is 18.5 Å². The second kappa shape index (κ2) is 5.57. The van der Waals surface area contributed by atoms with E-state index in [0.717, 1.165) is 28.3 Å². The summed E-state index contributed by atoms with van der Waals surface area (Å²) in [7, 11) is 1.67. The van der Waals surface area contributed by atoms with Crippen LogP contribution in [0.3, 0.4) is 0 Å². The summed E-state index contributed by atoms with van der Waals surface area (Å²) < 4.78 is 5.26. The van der Waals surface area contributed by atoms with Gasteiger partial charge in [-0.05, 0) is 24.3 Å². The number of ether oxygens (including phenoxy) is 1. The van der Waals surface area contributed by atoms with Crippen molar-refractivity contribution in [3.63, 3.8) is 0 Å². The van der Waals surface area contributed by atoms with Crippen LogP contribution in [0.15, 0.2) is 71.8 Å². The topological polar surface area (TPSA) is 21.6 Å². The summed E-state index contributed by atoms with van der Waals surface area (Å²) in [5, 5.41) is 0. The maximum absolute atomic E-state index is 5.26. The zero-order valence-electron chi connectivity index (χ0n) is 11.3. The zero-order chi connectivity index (χ0) is 13.8. The first kappa shape index (κ1) is 12.4. The normalized spacial score (nSPS) is 16.4. The number of allylic oxidation sites excluding steroid dienone is 3. The highest BCUT2D eigenvalue weighted by molar-refractivity contribution is 6.10. The molecule has 0 atom stereocenters. The van der Waals surface area contributed by atoms with E-state index in [0.29, 0.717) is 0 Å². The van der Waals surface area contributed by atoms with Gasteiger partial charge >= 0.3 is 0 Å². The van der Waals surface area contributed by atoms with Crippen LogP contribution in [0.1, 0.15) is 11.1 Å². The zero-order valence-corrected chi connectivity index (χ0v) is 11.3. The van der Waals surface area contributed by atoms with Crippen LogP contribution in [0.5, 0.6) is 5.75 Å². The molecule has 2 nitrogen and oxygen atoms in total. The van der Waals surface area contributed by atoms with E-state index in [9.17, 15) is 0 Å². The monoisotopic (exact) mass is 261 g/mol. The third-order valence-electron chi connectivity index (χ3n) is 3.19. The minimum absolute atomic E-state index is 0.842. The van der Waals surface area contributed by atoms with E-state index in [1.165, 1.54) is 0 Å². The molecule has 0 saturated carbocycles. The van der Waals surface area contributed by atoms with E-state index >= 15 is 0 Å². The smallest absolute Gasteiger partial charge is 0.119 e. The second-order valence-electron chi connectivity index (χ2n) is 4.51. The molecule has 0 saturated heterocycles. The number of hydrogen-bond donors (Lipinski definition) is 0. The average molecular weight is 261 g/mol. The van der Waals surface area contributed by atoms with Crippen molar-refractivity contribution < 1.29 is 4.74 Å². The van der Waals surface area contributed by atoms with Gasteiger partial charge in [0.15, 0.2) is 0 Å². The lowest BCUT2D eigenvalue weighted by Crippen LogP contribution is -1.97. The molecule has 0 N–H and O–H groups in total. The molecule has 0 unspecified atom stereocenters. The first-order valence-electron chi connectivity index (χ1n) is 6.54. The quantitative estimate of drug-likeness (QED) is 0.785. The Bertz CT molecular complexity index is 697. The van der Waals surface area contributed by atoms with Gasteiger partial charge in [-0.15, -0.1) is 0 Å². The van der Waals surface area contributed by atoms with Gasteiger partial charge < -0.3 is 4.74 Å². The van der Waals surface area contributed by atoms with Crippen LogP contribution in [-0.4, -0.2) is 12.8 Å². The van der Waals surface area contributed by atoms with E-state index in [4.69, 9.17) is 9.73 Å². The van der Waals surface area contributed by atoms with Crippen molar-refractivity contribution in [3.05, 3.63) is 77.9 Å². The largest absolute Gasteiger partial charge is 0.497 e. The molecule has 3 rings (SSSR count). The van der Waals surface area contributed by atoms with Gasteiger partial charge in [0.2, 0.25) is 0 Å². The molecule has 0 aromatic heterocycles. The summed E-state index contributed by atoms with van der Waals surface area (Å²) in [4.78, 5) is 4.77. The van der Waals surface area contributed by atoms with Gasteiger partial charge in [-0.1, -0.05) is 48.6 Å². The Morgan fingerprint density at radius 2 is 1.70 bits per heavy atom. The van der Waals surface area contributed by atoms with Gasteiger partial charge in [-0.2, -0.15) is 0 Å². The predicted molar refractivity (Wildman–Crippen MR) is 83.8 cm³/mol. The van der Waals surface area contributed by atoms with Crippen LogP contribution in [0.4, 0.5) is 5.69 Å². The molecular formula is C18H15NO. The first-order valence-corrected chi connectivity index (χ1v) is 6.54. The summed E-state index contributed by atoms with van der Waals surface area (Å²) >= 11 is 0. The van der Waals surface area contributed by atoms with Crippen molar-refractivity contribution in [2.45, 2.75) is 0 Å². The van der Waals surface area contributed by atoms with Crippen molar-refractivity contribution in [2.24, 2.45) is 4.99 Å². The Balaban J connectivity index is 2.10. The van der Waals surface area contributed by atoms with Crippen LogP contribution in [0.25, 0.3) is 6.08 Å². The number of methoxy groups -OCH3 is 1. The molecule has 0 amide bonds. The third kappa shape index (κ3) is 2.54. The number of aliphatic imine (C=N–C) groups is 1. The first-order chi connectivity index (χ1) is 9.86. The maximum atomic E-state index is 5.26. The molecule has 20 heavy (non-hydrogen) atoms. The van der Waals surface area contributed by atoms with E-state index in [2.05, 4.69) is 12.1 Å². The van der Waals surface area contributed by atoms with Crippen LogP contribution in [-0.2, 0) is 0 Å². The van der Waals surface area contributed by atoms with Crippen molar-refractivity contribution in [2.75, 3.05) is 7.11 Å². The molecule has 0 aliphatic carbocycles. The molecule has 0 radical (unpaired) electrons. The van der Waals surface area contributed by atoms with Crippen LogP contribution < -0.4 is 4.74 Å². The fraction of sp³-hybridized carbons (Fsp3) is 0.0556. The minimum atomic E-state index is 0.842. The van der Waals surface area contributed by atoms with Gasteiger partial charge in [-0.25, -0.2) is 4.99 Å². The molecule has 1 aliphatic heterocycles. The maximum Gasteiger partial charge on any atom is 0.119 e. The molecular weight excluding hydrogens is 246 g/mol. The van der Waals surface area contributed by atoms with Crippen molar-refractivity contribution in [3.8, 4) is 5.75 Å². The van der Waals surface area contributed by atoms with Crippen LogP contribution in [0.2, 0.25) is 0 Å². The van der Waals surface area contributed by atoms with Gasteiger partial charge in [-0.3, -0.25) is 0 Å². The number of nitrogens with zero attached hydrogens (tertiary/aromatic N) is 1. The van der Waals surface area contributed by atoms with E-state index in [1.54, 1.807) is 7.11 Å². The number of rotatable bonds is 2. The summed E-state index contributed by atoms with van der Waals surface area (Å²) in [5.41, 5.74) is 4.08. The predicted octanol–water partition coefficient (Wildman–Crippen LogP) is 4.40. The van der Waals surface area contributed by atoms with Gasteiger partial charge in [0.25, 0.3) is 0 Å². The summed E-state index contributed by atoms with van der Waals surface area (Å²) in [6, 6.07) is 16.1. The standard InChI is InChI=1S/C18H15NO/c1-20-16-11-12-18-15(13-16)9-5-6-10-17(19-18)14-7-3-2-4-8-14/h2-13H,1H3/b6-5?,9-5-,10-6-,15-9?,17-10?,19-17?,19-18?. The van der Waals surface area contributed by atoms with Crippen LogP contribution >= 0.6 is 0 Å². The van der Waals surface area contributed by atoms with E-state index in [1.807, 2.05) is 60.7 Å². The molecule has 0 bridgehead atoms. The van der Waals surface area contributed by atoms with Crippen molar-refractivity contribution >= 4 is 17.5 Å². The summed E-state index contributed by atoms with van der Waals surface area (Å²) in [5.74, 6) is 0.842. The lowest BCUT2D eigenvalue weighted by Gasteiger charge is -2.08. The fourth-order valence-electron chi connectivity index (χ4n) is 2.14. The van der Waals surface area contributed by atoms with Gasteiger partial charge in [0, 0.05) is 11.1 Å². The number of hydrogen-bond acceptors (Lipinski definition) is 2.